The number of quaternary nitrogens is 1. The molecule has 0 radical (unpaired) electrons. The van der Waals surface area contributed by atoms with E-state index in [9.17, 15) is 26.4 Å². The summed E-state index contributed by atoms with van der Waals surface area (Å²) in [5, 5.41) is 8.75. The number of rotatable bonds is 12. The van der Waals surface area contributed by atoms with Crippen molar-refractivity contribution >= 4 is 15.8 Å². The molecule has 0 aliphatic rings. The van der Waals surface area contributed by atoms with E-state index in [2.05, 4.69) is 4.74 Å². The van der Waals surface area contributed by atoms with Crippen LogP contribution in [0.1, 0.15) is 26.2 Å². The van der Waals surface area contributed by atoms with Crippen molar-refractivity contribution in [3.63, 3.8) is 0 Å². The van der Waals surface area contributed by atoms with E-state index >= 15 is 0 Å². The van der Waals surface area contributed by atoms with Crippen LogP contribution in [-0.2, 0) is 19.4 Å². The number of carboxylic acids is 1. The van der Waals surface area contributed by atoms with Crippen LogP contribution >= 0.6 is 0 Å². The molecule has 0 spiro atoms. The smallest absolute Gasteiger partial charge is 0.414 e. The standard InChI is InChI=1S/C14H26F3NO5S/c1-12(14(15,16)17)23-8-6-10-24(21,22)9-5-4-7-18(2,3)11-13(19)20/h12H,4-11H2,1-3H3/p+1. The van der Waals surface area contributed by atoms with Gasteiger partial charge in [-0.15, -0.1) is 0 Å². The number of carboxylic acid groups (broad SMARTS) is 1. The van der Waals surface area contributed by atoms with Gasteiger partial charge in [0, 0.05) is 6.61 Å². The number of hydrogen-bond donors (Lipinski definition) is 1. The SMILES string of the molecule is CC(OCCCS(=O)(=O)CCCC[N+](C)(C)CC(=O)O)C(F)(F)F. The first-order valence-electron chi connectivity index (χ1n) is 7.68. The van der Waals surface area contributed by atoms with Crippen LogP contribution in [-0.4, -0.2) is 81.6 Å². The molecule has 1 N–H and O–H groups in total. The fraction of sp³-hybridized carbons (Fsp3) is 0.929. The number of carbonyl (C=O) groups is 1. The first-order valence-corrected chi connectivity index (χ1v) is 9.50. The van der Waals surface area contributed by atoms with Crippen molar-refractivity contribution in [2.75, 3.05) is 45.3 Å². The van der Waals surface area contributed by atoms with Crippen LogP contribution in [0, 0.1) is 0 Å². The Kier molecular flexibility index (Phi) is 9.22. The second-order valence-electron chi connectivity index (χ2n) is 6.48. The summed E-state index contributed by atoms with van der Waals surface area (Å²) in [5.41, 5.74) is 0. The minimum Gasteiger partial charge on any atom is -0.477 e. The van der Waals surface area contributed by atoms with Gasteiger partial charge in [-0.2, -0.15) is 13.2 Å². The van der Waals surface area contributed by atoms with Gasteiger partial charge in [-0.1, -0.05) is 0 Å². The van der Waals surface area contributed by atoms with Crippen molar-refractivity contribution in [3.8, 4) is 0 Å². The molecule has 0 aliphatic heterocycles. The van der Waals surface area contributed by atoms with Gasteiger partial charge in [-0.25, -0.2) is 13.2 Å². The average Bonchev–Trinajstić information content (AvgIpc) is 2.37. The molecule has 0 aromatic carbocycles. The van der Waals surface area contributed by atoms with Gasteiger partial charge in [-0.05, 0) is 26.2 Å². The average molecular weight is 378 g/mol. The first kappa shape index (κ1) is 23.1. The molecule has 0 aliphatic carbocycles. The molecule has 0 aromatic rings. The molecule has 0 fully saturated rings. The monoisotopic (exact) mass is 378 g/mol. The molecule has 24 heavy (non-hydrogen) atoms. The summed E-state index contributed by atoms with van der Waals surface area (Å²) in [6.07, 6.45) is -5.39. The number of unbranched alkanes of at least 4 members (excludes halogenated alkanes) is 1. The third-order valence-corrected chi connectivity index (χ3v) is 5.28. The summed E-state index contributed by atoms with van der Waals surface area (Å²) in [6, 6.07) is 0. The summed E-state index contributed by atoms with van der Waals surface area (Å²) in [7, 11) is 0.163. The van der Waals surface area contributed by atoms with Crippen molar-refractivity contribution < 1.29 is 40.7 Å². The lowest BCUT2D eigenvalue weighted by atomic mass is 10.3. The van der Waals surface area contributed by atoms with Crippen molar-refractivity contribution in [1.29, 1.82) is 0 Å². The van der Waals surface area contributed by atoms with Crippen molar-refractivity contribution in [1.82, 2.24) is 0 Å². The highest BCUT2D eigenvalue weighted by Gasteiger charge is 2.36. The Morgan fingerprint density at radius 1 is 1.17 bits per heavy atom. The van der Waals surface area contributed by atoms with E-state index in [-0.39, 0.29) is 35.6 Å². The third kappa shape index (κ3) is 11.6. The Morgan fingerprint density at radius 2 is 1.71 bits per heavy atom. The van der Waals surface area contributed by atoms with Crippen LogP contribution in [0.25, 0.3) is 0 Å². The fourth-order valence-corrected chi connectivity index (χ4v) is 3.45. The lowest BCUT2D eigenvalue weighted by molar-refractivity contribution is -0.883. The van der Waals surface area contributed by atoms with E-state index in [0.29, 0.717) is 19.4 Å². The molecule has 0 aromatic heterocycles. The van der Waals surface area contributed by atoms with Crippen LogP contribution in [0.2, 0.25) is 0 Å². The van der Waals surface area contributed by atoms with Crippen LogP contribution in [0.4, 0.5) is 13.2 Å². The summed E-state index contributed by atoms with van der Waals surface area (Å²) < 4.78 is 65.0. The molecule has 10 heteroatoms. The summed E-state index contributed by atoms with van der Waals surface area (Å²) >= 11 is 0. The molecule has 144 valence electrons. The number of hydrogen-bond acceptors (Lipinski definition) is 4. The second-order valence-corrected chi connectivity index (χ2v) is 8.78. The van der Waals surface area contributed by atoms with E-state index in [1.807, 2.05) is 0 Å². The topological polar surface area (TPSA) is 80.7 Å². The van der Waals surface area contributed by atoms with Gasteiger partial charge in [-0.3, -0.25) is 0 Å². The second kappa shape index (κ2) is 9.57. The highest BCUT2D eigenvalue weighted by molar-refractivity contribution is 7.91. The molecule has 0 amide bonds. The minimum absolute atomic E-state index is 0.0172. The van der Waals surface area contributed by atoms with Gasteiger partial charge < -0.3 is 14.3 Å². The lowest BCUT2D eigenvalue weighted by Gasteiger charge is -2.27. The molecule has 1 atom stereocenters. The van der Waals surface area contributed by atoms with Gasteiger partial charge >= 0.3 is 12.1 Å². The maximum Gasteiger partial charge on any atom is 0.414 e. The van der Waals surface area contributed by atoms with E-state index < -0.39 is 28.1 Å². The number of aliphatic carboxylic acids is 1. The van der Waals surface area contributed by atoms with Crippen molar-refractivity contribution in [3.05, 3.63) is 0 Å². The zero-order valence-electron chi connectivity index (χ0n) is 14.3. The number of likely N-dealkylation sites (N-methyl/N-ethyl adjacent to an activating group) is 1. The number of nitrogens with zero attached hydrogens (tertiary/aromatic N) is 1. The highest BCUT2D eigenvalue weighted by atomic mass is 32.2. The highest BCUT2D eigenvalue weighted by Crippen LogP contribution is 2.22. The normalized spacial score (nSPS) is 14.6. The van der Waals surface area contributed by atoms with Gasteiger partial charge in [0.15, 0.2) is 12.6 Å². The molecular formula is C14H27F3NO5S+. The van der Waals surface area contributed by atoms with Gasteiger partial charge in [0.2, 0.25) is 0 Å². The van der Waals surface area contributed by atoms with Crippen LogP contribution < -0.4 is 0 Å². The quantitative estimate of drug-likeness (QED) is 0.413. The molecule has 6 nitrogen and oxygen atoms in total. The van der Waals surface area contributed by atoms with E-state index in [0.717, 1.165) is 6.92 Å². The van der Waals surface area contributed by atoms with Crippen LogP contribution in [0.3, 0.4) is 0 Å². The summed E-state index contributed by atoms with van der Waals surface area (Å²) in [6.45, 7) is 1.11. The fourth-order valence-electron chi connectivity index (χ4n) is 2.04. The first-order chi connectivity index (χ1) is 10.8. The third-order valence-electron chi connectivity index (χ3n) is 3.46. The van der Waals surface area contributed by atoms with Gasteiger partial charge in [0.05, 0.1) is 32.1 Å². The maximum absolute atomic E-state index is 12.2. The molecule has 0 saturated carbocycles. The Balaban J connectivity index is 3.97. The number of ether oxygens (including phenoxy) is 1. The number of alkyl halides is 3. The predicted molar refractivity (Wildman–Crippen MR) is 83.5 cm³/mol. The minimum atomic E-state index is -4.44. The Bertz CT molecular complexity index is 491. The lowest BCUT2D eigenvalue weighted by Crippen LogP contribution is -2.44. The summed E-state index contributed by atoms with van der Waals surface area (Å²) in [5.74, 6) is -1.19. The van der Waals surface area contributed by atoms with Gasteiger partial charge in [0.1, 0.15) is 9.84 Å². The maximum atomic E-state index is 12.2. The van der Waals surface area contributed by atoms with E-state index in [4.69, 9.17) is 5.11 Å². The molecule has 0 heterocycles. The number of halogens is 3. The van der Waals surface area contributed by atoms with E-state index in [1.54, 1.807) is 14.1 Å². The molecular weight excluding hydrogens is 351 g/mol. The van der Waals surface area contributed by atoms with E-state index in [1.165, 1.54) is 0 Å². The zero-order chi connectivity index (χ0) is 19.0. The van der Waals surface area contributed by atoms with Crippen molar-refractivity contribution in [2.24, 2.45) is 0 Å². The van der Waals surface area contributed by atoms with Gasteiger partial charge in [0.25, 0.3) is 0 Å². The largest absolute Gasteiger partial charge is 0.477 e. The zero-order valence-corrected chi connectivity index (χ0v) is 15.1. The Labute approximate surface area is 141 Å². The van der Waals surface area contributed by atoms with Crippen LogP contribution in [0.15, 0.2) is 0 Å². The molecule has 0 rings (SSSR count). The Hall–Kier alpha value is -0.870. The van der Waals surface area contributed by atoms with Crippen molar-refractivity contribution in [2.45, 2.75) is 38.5 Å². The predicted octanol–water partition coefficient (Wildman–Crippen LogP) is 1.70. The van der Waals surface area contributed by atoms with Crippen LogP contribution in [0.5, 0.6) is 0 Å². The number of sulfone groups is 1. The molecule has 0 saturated heterocycles. The molecule has 1 unspecified atom stereocenters. The summed E-state index contributed by atoms with van der Waals surface area (Å²) in [4.78, 5) is 10.7. The molecule has 0 bridgehead atoms. The Morgan fingerprint density at radius 3 is 2.21 bits per heavy atom.